The second-order valence-electron chi connectivity index (χ2n) is 7.13. The number of rotatable bonds is 4. The topological polar surface area (TPSA) is 49.4 Å². The molecule has 1 aliphatic rings. The van der Waals surface area contributed by atoms with Gasteiger partial charge >= 0.3 is 0 Å². The van der Waals surface area contributed by atoms with Crippen LogP contribution in [0.3, 0.4) is 0 Å². The van der Waals surface area contributed by atoms with Gasteiger partial charge in [0.1, 0.15) is 11.5 Å². The molecule has 0 aliphatic carbocycles. The van der Waals surface area contributed by atoms with Crippen molar-refractivity contribution in [2.24, 2.45) is 0 Å². The van der Waals surface area contributed by atoms with Crippen molar-refractivity contribution >= 4 is 40.4 Å². The summed E-state index contributed by atoms with van der Waals surface area (Å²) in [5, 5.41) is 3.47. The van der Waals surface area contributed by atoms with E-state index < -0.39 is 17.6 Å². The maximum atomic E-state index is 13.7. The zero-order valence-electron chi connectivity index (χ0n) is 16.4. The second-order valence-corrected chi connectivity index (χ2v) is 7.56. The Morgan fingerprint density at radius 3 is 2.33 bits per heavy atom. The van der Waals surface area contributed by atoms with Gasteiger partial charge in [-0.3, -0.25) is 9.59 Å². The average Bonchev–Trinajstić information content (AvgIpc) is 2.94. The van der Waals surface area contributed by atoms with Gasteiger partial charge in [0.15, 0.2) is 0 Å². The molecule has 0 atom stereocenters. The molecule has 3 aromatic carbocycles. The molecule has 3 aromatic rings. The van der Waals surface area contributed by atoms with Gasteiger partial charge < -0.3 is 5.32 Å². The molecule has 0 bridgehead atoms. The number of nitrogens with one attached hydrogen (secondary N) is 1. The first-order chi connectivity index (χ1) is 14.3. The van der Waals surface area contributed by atoms with Crippen LogP contribution in [0.25, 0.3) is 5.57 Å². The Morgan fingerprint density at radius 1 is 0.900 bits per heavy atom. The Morgan fingerprint density at radius 2 is 1.63 bits per heavy atom. The fourth-order valence-corrected chi connectivity index (χ4v) is 3.55. The third-order valence-corrected chi connectivity index (χ3v) is 5.17. The van der Waals surface area contributed by atoms with E-state index in [1.165, 1.54) is 18.2 Å². The van der Waals surface area contributed by atoms with Gasteiger partial charge in [-0.2, -0.15) is 0 Å². The number of imide groups is 1. The molecule has 1 N–H and O–H groups in total. The summed E-state index contributed by atoms with van der Waals surface area (Å²) in [7, 11) is 0. The Bertz CT molecular complexity index is 1200. The fourth-order valence-electron chi connectivity index (χ4n) is 3.42. The van der Waals surface area contributed by atoms with Crippen LogP contribution >= 0.6 is 11.6 Å². The summed E-state index contributed by atoms with van der Waals surface area (Å²) >= 11 is 5.99. The number of hydrogen-bond donors (Lipinski definition) is 1. The summed E-state index contributed by atoms with van der Waals surface area (Å²) in [6.45, 7) is 3.74. The van der Waals surface area contributed by atoms with E-state index in [0.717, 1.165) is 16.0 Å². The Balaban J connectivity index is 1.86. The monoisotopic (exact) mass is 420 g/mol. The van der Waals surface area contributed by atoms with Crippen LogP contribution in [0.1, 0.15) is 16.7 Å². The van der Waals surface area contributed by atoms with Crippen LogP contribution in [0.5, 0.6) is 0 Å². The van der Waals surface area contributed by atoms with Gasteiger partial charge in [0.25, 0.3) is 11.8 Å². The van der Waals surface area contributed by atoms with Crippen molar-refractivity contribution in [2.75, 3.05) is 10.2 Å². The quantitative estimate of drug-likeness (QED) is 0.567. The highest BCUT2D eigenvalue weighted by Gasteiger charge is 2.40. The summed E-state index contributed by atoms with van der Waals surface area (Å²) in [6.07, 6.45) is 0. The molecular formula is C24H18ClFN2O2. The summed E-state index contributed by atoms with van der Waals surface area (Å²) in [4.78, 5) is 28.0. The van der Waals surface area contributed by atoms with E-state index in [9.17, 15) is 14.0 Å². The molecule has 0 unspecified atom stereocenters. The van der Waals surface area contributed by atoms with E-state index in [-0.39, 0.29) is 11.3 Å². The molecule has 0 spiro atoms. The molecule has 0 saturated heterocycles. The third-order valence-electron chi connectivity index (χ3n) is 4.92. The van der Waals surface area contributed by atoms with Crippen LogP contribution in [0.15, 0.2) is 72.4 Å². The van der Waals surface area contributed by atoms with E-state index >= 15 is 0 Å². The van der Waals surface area contributed by atoms with Crippen molar-refractivity contribution in [2.45, 2.75) is 13.8 Å². The molecule has 0 fully saturated rings. The number of halogens is 2. The minimum Gasteiger partial charge on any atom is -0.350 e. The largest absolute Gasteiger partial charge is 0.350 e. The minimum absolute atomic E-state index is 0.0915. The van der Waals surface area contributed by atoms with Crippen molar-refractivity contribution in [1.29, 1.82) is 0 Å². The predicted molar refractivity (Wildman–Crippen MR) is 117 cm³/mol. The Labute approximate surface area is 178 Å². The number of carbonyl (C=O) groups is 2. The fraction of sp³-hybridized carbons (Fsp3) is 0.0833. The lowest BCUT2D eigenvalue weighted by molar-refractivity contribution is -0.120. The molecule has 0 radical (unpaired) electrons. The molecule has 1 aliphatic heterocycles. The number of carbonyl (C=O) groups excluding carboxylic acids is 2. The number of nitrogens with zero attached hydrogens (tertiary/aromatic N) is 1. The zero-order valence-corrected chi connectivity index (χ0v) is 17.1. The third kappa shape index (κ3) is 3.60. The van der Waals surface area contributed by atoms with Crippen molar-refractivity contribution in [3.63, 3.8) is 0 Å². The average molecular weight is 421 g/mol. The highest BCUT2D eigenvalue weighted by atomic mass is 35.5. The molecule has 0 saturated carbocycles. The molecule has 4 nitrogen and oxygen atoms in total. The maximum absolute atomic E-state index is 13.7. The van der Waals surface area contributed by atoms with E-state index in [1.54, 1.807) is 36.4 Å². The van der Waals surface area contributed by atoms with Crippen LogP contribution < -0.4 is 10.2 Å². The lowest BCUT2D eigenvalue weighted by Crippen LogP contribution is -2.33. The van der Waals surface area contributed by atoms with Crippen molar-refractivity contribution in [3.05, 3.63) is 100.0 Å². The van der Waals surface area contributed by atoms with Crippen LogP contribution in [-0.4, -0.2) is 11.8 Å². The van der Waals surface area contributed by atoms with E-state index in [2.05, 4.69) is 5.32 Å². The number of anilines is 2. The predicted octanol–water partition coefficient (Wildman–Crippen LogP) is 5.49. The van der Waals surface area contributed by atoms with Gasteiger partial charge in [0.05, 0.1) is 11.3 Å². The molecule has 150 valence electrons. The lowest BCUT2D eigenvalue weighted by atomic mass is 10.0. The highest BCUT2D eigenvalue weighted by Crippen LogP contribution is 2.35. The van der Waals surface area contributed by atoms with Crippen LogP contribution in [-0.2, 0) is 9.59 Å². The Kier molecular flexibility index (Phi) is 5.14. The summed E-state index contributed by atoms with van der Waals surface area (Å²) in [5.74, 6) is -1.39. The molecular weight excluding hydrogens is 403 g/mol. The van der Waals surface area contributed by atoms with Crippen molar-refractivity contribution in [1.82, 2.24) is 0 Å². The second kappa shape index (κ2) is 7.76. The van der Waals surface area contributed by atoms with Crippen molar-refractivity contribution in [3.8, 4) is 0 Å². The van der Waals surface area contributed by atoms with Gasteiger partial charge in [-0.1, -0.05) is 41.9 Å². The minimum atomic E-state index is -0.497. The summed E-state index contributed by atoms with van der Waals surface area (Å²) < 4.78 is 13.7. The SMILES string of the molecule is Cc1ccc(C)c(N2C(=O)C(Nc3cccc(F)c3)=C(c3ccc(Cl)cc3)C2=O)c1. The van der Waals surface area contributed by atoms with Crippen LogP contribution in [0, 0.1) is 19.7 Å². The standard InChI is InChI=1S/C24H18ClFN2O2/c1-14-6-7-15(2)20(12-14)28-23(29)21(16-8-10-17(25)11-9-16)22(24(28)30)27-19-5-3-4-18(26)13-19/h3-13,27H,1-2H3. The smallest absolute Gasteiger partial charge is 0.282 e. The molecule has 2 amide bonds. The molecule has 1 heterocycles. The molecule has 6 heteroatoms. The normalized spacial score (nSPS) is 13.9. The molecule has 4 rings (SSSR count). The first-order valence-corrected chi connectivity index (χ1v) is 9.72. The number of hydrogen-bond acceptors (Lipinski definition) is 3. The van der Waals surface area contributed by atoms with Gasteiger partial charge in [0, 0.05) is 10.7 Å². The molecule has 0 aromatic heterocycles. The Hall–Kier alpha value is -3.44. The number of amides is 2. The van der Waals surface area contributed by atoms with Crippen molar-refractivity contribution < 1.29 is 14.0 Å². The van der Waals surface area contributed by atoms with Gasteiger partial charge in [-0.15, -0.1) is 0 Å². The van der Waals surface area contributed by atoms with E-state index in [4.69, 9.17) is 11.6 Å². The summed E-state index contributed by atoms with van der Waals surface area (Å²) in [5.41, 5.74) is 3.47. The van der Waals surface area contributed by atoms with Crippen LogP contribution in [0.2, 0.25) is 5.02 Å². The maximum Gasteiger partial charge on any atom is 0.282 e. The van der Waals surface area contributed by atoms with E-state index in [0.29, 0.717) is 22.0 Å². The number of aryl methyl sites for hydroxylation is 2. The van der Waals surface area contributed by atoms with Gasteiger partial charge in [-0.25, -0.2) is 9.29 Å². The van der Waals surface area contributed by atoms with Crippen LogP contribution in [0.4, 0.5) is 15.8 Å². The summed E-state index contributed by atoms with van der Waals surface area (Å²) in [6, 6.07) is 18.0. The lowest BCUT2D eigenvalue weighted by Gasteiger charge is -2.18. The first-order valence-electron chi connectivity index (χ1n) is 9.34. The zero-order chi connectivity index (χ0) is 21.4. The van der Waals surface area contributed by atoms with E-state index in [1.807, 2.05) is 26.0 Å². The highest BCUT2D eigenvalue weighted by molar-refractivity contribution is 6.46. The number of benzene rings is 3. The van der Waals surface area contributed by atoms with Gasteiger partial charge in [-0.05, 0) is 66.9 Å². The molecule has 30 heavy (non-hydrogen) atoms. The van der Waals surface area contributed by atoms with Gasteiger partial charge in [0.2, 0.25) is 0 Å². The first kappa shape index (κ1) is 19.9.